The number of nitrogens with one attached hydrogen (secondary N) is 1. The lowest BCUT2D eigenvalue weighted by atomic mass is 9.76. The van der Waals surface area contributed by atoms with Crippen LogP contribution >= 0.6 is 0 Å². The number of aliphatic hydroxyl groups is 1. The lowest BCUT2D eigenvalue weighted by Gasteiger charge is -2.39. The number of hydrogen-bond acceptors (Lipinski definition) is 4. The predicted octanol–water partition coefficient (Wildman–Crippen LogP) is 2.30. The molecule has 22 heavy (non-hydrogen) atoms. The monoisotopic (exact) mass is 306 g/mol. The highest BCUT2D eigenvalue weighted by atomic mass is 16.5. The smallest absolute Gasteiger partial charge is 0.261 e. The molecule has 1 aromatic heterocycles. The third kappa shape index (κ3) is 4.19. The van der Waals surface area contributed by atoms with E-state index in [9.17, 15) is 9.90 Å². The summed E-state index contributed by atoms with van der Waals surface area (Å²) in [7, 11) is 0. The van der Waals surface area contributed by atoms with Crippen molar-refractivity contribution in [1.82, 2.24) is 10.3 Å². The number of carbonyl (C=O) groups is 1. The minimum absolute atomic E-state index is 0.0526. The number of pyridine rings is 1. The van der Waals surface area contributed by atoms with Gasteiger partial charge in [0.05, 0.1) is 18.3 Å². The van der Waals surface area contributed by atoms with E-state index in [-0.39, 0.29) is 12.5 Å². The second-order valence-electron chi connectivity index (χ2n) is 6.35. The quantitative estimate of drug-likeness (QED) is 0.846. The van der Waals surface area contributed by atoms with Crippen LogP contribution in [0, 0.1) is 5.92 Å². The molecule has 1 aliphatic carbocycles. The van der Waals surface area contributed by atoms with E-state index in [1.54, 1.807) is 31.5 Å². The zero-order valence-electron chi connectivity index (χ0n) is 13.4. The number of amides is 1. The maximum Gasteiger partial charge on any atom is 0.261 e. The summed E-state index contributed by atoms with van der Waals surface area (Å²) in [4.78, 5) is 16.4. The minimum Gasteiger partial charge on any atom is -0.479 e. The van der Waals surface area contributed by atoms with Crippen LogP contribution in [-0.2, 0) is 4.79 Å². The van der Waals surface area contributed by atoms with Gasteiger partial charge in [0.1, 0.15) is 5.75 Å². The van der Waals surface area contributed by atoms with Gasteiger partial charge in [-0.15, -0.1) is 0 Å². The number of nitrogens with zero attached hydrogens (tertiary/aromatic N) is 1. The van der Waals surface area contributed by atoms with Crippen LogP contribution in [0.5, 0.6) is 5.75 Å². The predicted molar refractivity (Wildman–Crippen MR) is 84.5 cm³/mol. The Morgan fingerprint density at radius 2 is 2.23 bits per heavy atom. The molecular formula is C17H26N2O3. The molecule has 0 spiro atoms. The highest BCUT2D eigenvalue weighted by Crippen LogP contribution is 2.32. The molecule has 0 aromatic carbocycles. The molecule has 0 aliphatic heterocycles. The Hall–Kier alpha value is -1.62. The number of hydrogen-bond donors (Lipinski definition) is 2. The Morgan fingerprint density at radius 3 is 2.82 bits per heavy atom. The number of carbonyl (C=O) groups excluding carboxylic acids is 1. The van der Waals surface area contributed by atoms with Crippen molar-refractivity contribution in [1.29, 1.82) is 0 Å². The van der Waals surface area contributed by atoms with Crippen molar-refractivity contribution in [3.63, 3.8) is 0 Å². The summed E-state index contributed by atoms with van der Waals surface area (Å²) in [5.74, 6) is 0.681. The van der Waals surface area contributed by atoms with Crippen LogP contribution in [0.25, 0.3) is 0 Å². The molecule has 122 valence electrons. The largest absolute Gasteiger partial charge is 0.479 e. The number of aromatic nitrogens is 1. The third-order valence-electron chi connectivity index (χ3n) is 4.56. The molecule has 0 unspecified atom stereocenters. The molecule has 1 aromatic rings. The van der Waals surface area contributed by atoms with Crippen LogP contribution in [-0.4, -0.2) is 34.2 Å². The summed E-state index contributed by atoms with van der Waals surface area (Å²) >= 11 is 0. The molecule has 5 nitrogen and oxygen atoms in total. The van der Waals surface area contributed by atoms with Crippen LogP contribution in [0.15, 0.2) is 24.5 Å². The van der Waals surface area contributed by atoms with Gasteiger partial charge in [0.2, 0.25) is 0 Å². The van der Waals surface area contributed by atoms with Gasteiger partial charge in [-0.25, -0.2) is 0 Å². The molecule has 1 amide bonds. The Bertz CT molecular complexity index is 474. The number of aliphatic hydroxyl groups excluding tert-OH is 1. The first-order chi connectivity index (χ1) is 10.5. The first-order valence-corrected chi connectivity index (χ1v) is 8.05. The van der Waals surface area contributed by atoms with E-state index in [1.165, 1.54) is 6.42 Å². The summed E-state index contributed by atoms with van der Waals surface area (Å²) in [6.07, 6.45) is 8.28. The van der Waals surface area contributed by atoms with E-state index < -0.39 is 11.6 Å². The van der Waals surface area contributed by atoms with E-state index >= 15 is 0 Å². The van der Waals surface area contributed by atoms with Gasteiger partial charge in [0, 0.05) is 6.20 Å². The third-order valence-corrected chi connectivity index (χ3v) is 4.56. The topological polar surface area (TPSA) is 71.5 Å². The first-order valence-electron chi connectivity index (χ1n) is 8.05. The summed E-state index contributed by atoms with van der Waals surface area (Å²) in [5.41, 5.74) is -0.579. The van der Waals surface area contributed by atoms with Crippen molar-refractivity contribution in [3.8, 4) is 5.75 Å². The van der Waals surface area contributed by atoms with Crippen LogP contribution in [0.4, 0.5) is 0 Å². The number of rotatable bonds is 6. The van der Waals surface area contributed by atoms with Gasteiger partial charge in [0.25, 0.3) is 5.91 Å². The average Bonchev–Trinajstić information content (AvgIpc) is 2.56. The highest BCUT2D eigenvalue weighted by molar-refractivity contribution is 5.81. The van der Waals surface area contributed by atoms with Crippen LogP contribution in [0.3, 0.4) is 0 Å². The molecule has 2 atom stereocenters. The van der Waals surface area contributed by atoms with Gasteiger partial charge < -0.3 is 15.2 Å². The summed E-state index contributed by atoms with van der Waals surface area (Å²) in [6, 6.07) is 3.53. The van der Waals surface area contributed by atoms with Crippen LogP contribution in [0.1, 0.15) is 46.0 Å². The van der Waals surface area contributed by atoms with Gasteiger partial charge >= 0.3 is 0 Å². The summed E-state index contributed by atoms with van der Waals surface area (Å²) in [6.45, 7) is 3.59. The molecule has 0 saturated heterocycles. The normalized spacial score (nSPS) is 20.0. The summed E-state index contributed by atoms with van der Waals surface area (Å²) < 4.78 is 5.60. The first kappa shape index (κ1) is 16.7. The maximum atomic E-state index is 12.4. The molecule has 1 fully saturated rings. The minimum atomic E-state index is -0.626. The fourth-order valence-corrected chi connectivity index (χ4v) is 3.07. The molecule has 2 rings (SSSR count). The van der Waals surface area contributed by atoms with Gasteiger partial charge in [-0.05, 0) is 44.7 Å². The van der Waals surface area contributed by atoms with Crippen molar-refractivity contribution in [2.75, 3.05) is 6.61 Å². The Balaban J connectivity index is 1.95. The van der Waals surface area contributed by atoms with Crippen molar-refractivity contribution in [2.45, 2.75) is 57.6 Å². The molecule has 2 N–H and O–H groups in total. The van der Waals surface area contributed by atoms with E-state index in [0.29, 0.717) is 11.7 Å². The lowest BCUT2D eigenvalue weighted by Crippen LogP contribution is -2.57. The molecule has 0 radical (unpaired) electrons. The van der Waals surface area contributed by atoms with E-state index in [0.717, 1.165) is 25.7 Å². The average molecular weight is 306 g/mol. The number of ether oxygens (including phenoxy) is 1. The van der Waals surface area contributed by atoms with E-state index in [2.05, 4.69) is 10.3 Å². The second-order valence-corrected chi connectivity index (χ2v) is 6.35. The van der Waals surface area contributed by atoms with Gasteiger partial charge in [0.15, 0.2) is 6.10 Å². The Kier molecular flexibility index (Phi) is 5.77. The maximum absolute atomic E-state index is 12.4. The van der Waals surface area contributed by atoms with E-state index in [4.69, 9.17) is 4.74 Å². The SMILES string of the molecule is C[C@@H](Oc1cccnc1)C(=O)N[C@@](C)(CO)C1CCCCC1. The standard InChI is InChI=1S/C17H26N2O3/c1-13(22-15-9-6-10-18-11-15)16(21)19-17(2,12-20)14-7-4-3-5-8-14/h6,9-11,13-14,20H,3-5,7-8,12H2,1-2H3,(H,19,21)/t13-,17+/m1/s1. The van der Waals surface area contributed by atoms with Crippen molar-refractivity contribution >= 4 is 5.91 Å². The van der Waals surface area contributed by atoms with Gasteiger partial charge in [-0.1, -0.05) is 19.3 Å². The Labute approximate surface area is 132 Å². The molecular weight excluding hydrogens is 280 g/mol. The van der Waals surface area contributed by atoms with Crippen molar-refractivity contribution in [2.24, 2.45) is 5.92 Å². The molecule has 5 heteroatoms. The lowest BCUT2D eigenvalue weighted by molar-refractivity contribution is -0.130. The summed E-state index contributed by atoms with van der Waals surface area (Å²) in [5, 5.41) is 12.8. The van der Waals surface area contributed by atoms with Crippen molar-refractivity contribution < 1.29 is 14.6 Å². The Morgan fingerprint density at radius 1 is 1.50 bits per heavy atom. The zero-order chi connectivity index (χ0) is 16.0. The van der Waals surface area contributed by atoms with Crippen LogP contribution < -0.4 is 10.1 Å². The van der Waals surface area contributed by atoms with Gasteiger partial charge in [-0.2, -0.15) is 0 Å². The second kappa shape index (κ2) is 7.58. The van der Waals surface area contributed by atoms with E-state index in [1.807, 2.05) is 6.92 Å². The fourth-order valence-electron chi connectivity index (χ4n) is 3.07. The molecule has 1 saturated carbocycles. The zero-order valence-corrected chi connectivity index (χ0v) is 13.4. The van der Waals surface area contributed by atoms with Crippen LogP contribution in [0.2, 0.25) is 0 Å². The van der Waals surface area contributed by atoms with Crippen molar-refractivity contribution in [3.05, 3.63) is 24.5 Å². The molecule has 0 bridgehead atoms. The highest BCUT2D eigenvalue weighted by Gasteiger charge is 2.37. The van der Waals surface area contributed by atoms with Gasteiger partial charge in [-0.3, -0.25) is 9.78 Å². The molecule has 1 aliphatic rings. The fraction of sp³-hybridized carbons (Fsp3) is 0.647. The molecule has 1 heterocycles.